The molecule has 3 heteroatoms. The summed E-state index contributed by atoms with van der Waals surface area (Å²) in [7, 11) is 0. The number of azo groups is 1. The van der Waals surface area contributed by atoms with Crippen molar-refractivity contribution in [2.45, 2.75) is 31.6 Å². The fourth-order valence-electron chi connectivity index (χ4n) is 9.66. The Kier molecular flexibility index (Phi) is 8.76. The molecule has 3 nitrogen and oxygen atoms in total. The van der Waals surface area contributed by atoms with Crippen LogP contribution in [0.15, 0.2) is 211 Å². The Hall–Kier alpha value is -7.23. The van der Waals surface area contributed by atoms with E-state index in [1.807, 2.05) is 36.5 Å². The maximum absolute atomic E-state index is 5.10. The lowest BCUT2D eigenvalue weighted by Crippen LogP contribution is -2.40. The average Bonchev–Trinajstić information content (AvgIpc) is 3.59. The maximum atomic E-state index is 5.10. The summed E-state index contributed by atoms with van der Waals surface area (Å²) in [6.07, 6.45) is 1.81. The van der Waals surface area contributed by atoms with Gasteiger partial charge in [0.05, 0.1) is 22.5 Å². The molecule has 0 bridgehead atoms. The molecule has 0 saturated carbocycles. The molecule has 282 valence electrons. The summed E-state index contributed by atoms with van der Waals surface area (Å²) in [5.74, 6) is 0. The summed E-state index contributed by atoms with van der Waals surface area (Å²) in [5.41, 5.74) is 19.6. The normalized spacial score (nSPS) is 14.6. The molecule has 0 saturated heterocycles. The number of pyridine rings is 1. The quantitative estimate of drug-likeness (QED) is 0.118. The van der Waals surface area contributed by atoms with Gasteiger partial charge in [-0.25, -0.2) is 0 Å². The fourth-order valence-corrected chi connectivity index (χ4v) is 9.66. The molecule has 0 radical (unpaired) electrons. The number of hydrogen-bond donors (Lipinski definition) is 0. The molecule has 0 N–H and O–H groups in total. The Morgan fingerprint density at radius 1 is 0.475 bits per heavy atom. The van der Waals surface area contributed by atoms with E-state index in [2.05, 4.69) is 190 Å². The summed E-state index contributed by atoms with van der Waals surface area (Å²) in [5, 5.41) is 9.96. The van der Waals surface area contributed by atoms with E-state index < -0.39 is 5.41 Å². The lowest BCUT2D eigenvalue weighted by Gasteiger charge is -2.46. The van der Waals surface area contributed by atoms with Crippen LogP contribution in [0.4, 0.5) is 0 Å². The maximum Gasteiger partial charge on any atom is 0.0970 e. The molecule has 1 heterocycles. The third-order valence-corrected chi connectivity index (χ3v) is 12.6. The number of hydrogen-bond acceptors (Lipinski definition) is 3. The number of aromatic nitrogens is 1. The predicted octanol–water partition coefficient (Wildman–Crippen LogP) is 14.4. The first-order valence-electron chi connectivity index (χ1n) is 20.3. The van der Waals surface area contributed by atoms with Gasteiger partial charge in [0.2, 0.25) is 0 Å². The van der Waals surface area contributed by atoms with Gasteiger partial charge < -0.3 is 0 Å². The number of allylic oxidation sites excluding steroid dienone is 1. The van der Waals surface area contributed by atoms with E-state index in [1.165, 1.54) is 44.5 Å². The van der Waals surface area contributed by atoms with Gasteiger partial charge in [0.1, 0.15) is 0 Å². The number of fused-ring (bicyclic) bond motifs is 9. The van der Waals surface area contributed by atoms with Gasteiger partial charge in [0.15, 0.2) is 0 Å². The molecule has 0 aliphatic heterocycles. The highest BCUT2D eigenvalue weighted by molar-refractivity contribution is 5.97. The van der Waals surface area contributed by atoms with Crippen LogP contribution < -0.4 is 0 Å². The Morgan fingerprint density at radius 3 is 1.71 bits per heavy atom. The largest absolute Gasteiger partial charge is 0.256 e. The van der Waals surface area contributed by atoms with Crippen LogP contribution in [-0.4, -0.2) is 4.98 Å². The van der Waals surface area contributed by atoms with E-state index in [0.29, 0.717) is 5.70 Å². The Morgan fingerprint density at radius 2 is 1.03 bits per heavy atom. The lowest BCUT2D eigenvalue weighted by molar-refractivity contribution is 0.563. The Bertz CT molecular complexity index is 2920. The van der Waals surface area contributed by atoms with Crippen molar-refractivity contribution >= 4 is 17.0 Å². The van der Waals surface area contributed by atoms with Crippen LogP contribution >= 0.6 is 0 Å². The minimum absolute atomic E-state index is 0.146. The van der Waals surface area contributed by atoms with Crippen LogP contribution in [-0.2, 0) is 10.8 Å². The van der Waals surface area contributed by atoms with Crippen molar-refractivity contribution in [1.29, 1.82) is 0 Å². The van der Waals surface area contributed by atoms with Gasteiger partial charge in [-0.3, -0.25) is 4.98 Å². The van der Waals surface area contributed by atoms with Crippen molar-refractivity contribution in [3.05, 3.63) is 251 Å². The van der Waals surface area contributed by atoms with Gasteiger partial charge in [-0.15, -0.1) is 5.11 Å². The van der Waals surface area contributed by atoms with Crippen LogP contribution in [0, 0.1) is 0 Å². The summed E-state index contributed by atoms with van der Waals surface area (Å²) < 4.78 is 0. The average molecular weight is 758 g/mol. The van der Waals surface area contributed by atoms with Crippen molar-refractivity contribution in [1.82, 2.24) is 4.98 Å². The highest BCUT2D eigenvalue weighted by atomic mass is 15.1. The molecular formula is C56H43N3. The second kappa shape index (κ2) is 14.3. The van der Waals surface area contributed by atoms with E-state index in [0.717, 1.165) is 50.3 Å². The molecule has 1 aromatic heterocycles. The minimum atomic E-state index is -0.447. The molecule has 59 heavy (non-hydrogen) atoms. The first-order chi connectivity index (χ1) is 28.9. The molecule has 0 amide bonds. The van der Waals surface area contributed by atoms with Gasteiger partial charge >= 0.3 is 0 Å². The zero-order valence-corrected chi connectivity index (χ0v) is 33.5. The van der Waals surface area contributed by atoms with E-state index in [9.17, 15) is 0 Å². The predicted molar refractivity (Wildman–Crippen MR) is 244 cm³/mol. The molecule has 0 unspecified atom stereocenters. The van der Waals surface area contributed by atoms with Crippen molar-refractivity contribution in [3.63, 3.8) is 0 Å². The van der Waals surface area contributed by atoms with Crippen molar-refractivity contribution in [3.8, 4) is 33.5 Å². The molecule has 7 aromatic carbocycles. The standard InChI is InChI=1S/C56H43N3/c1-37(54(45-22-9-8-20-43(45)40-18-6-5-7-19-40)59-58-38(2)39-29-31-41(32-30-39)53-28-16-17-35-57-53)42-33-34-48-46(36-42)44-21-10-11-23-47(44)56(48)51-26-14-12-24-49(51)55(3,4)50-25-13-15-27-52(50)56/h5-36H,2H2,1,3-4H3/b54-37+,59-58-. The van der Waals surface area contributed by atoms with Gasteiger partial charge in [0.25, 0.3) is 0 Å². The molecule has 0 atom stereocenters. The second-order valence-corrected chi connectivity index (χ2v) is 16.1. The molecular weight excluding hydrogens is 715 g/mol. The molecule has 10 rings (SSSR count). The minimum Gasteiger partial charge on any atom is -0.256 e. The van der Waals surface area contributed by atoms with Crippen molar-refractivity contribution < 1.29 is 0 Å². The summed E-state index contributed by atoms with van der Waals surface area (Å²) >= 11 is 0. The fraction of sp³-hybridized carbons (Fsp3) is 0.0893. The van der Waals surface area contributed by atoms with Crippen LogP contribution in [0.3, 0.4) is 0 Å². The van der Waals surface area contributed by atoms with Gasteiger partial charge in [-0.05, 0) is 91.9 Å². The zero-order chi connectivity index (χ0) is 40.1. The lowest BCUT2D eigenvalue weighted by atomic mass is 9.55. The number of benzene rings is 7. The highest BCUT2D eigenvalue weighted by Crippen LogP contribution is 2.62. The van der Waals surface area contributed by atoms with Crippen LogP contribution in [0.25, 0.3) is 50.5 Å². The van der Waals surface area contributed by atoms with E-state index >= 15 is 0 Å². The van der Waals surface area contributed by atoms with Crippen molar-refractivity contribution in [2.24, 2.45) is 10.2 Å². The Labute approximate surface area is 346 Å². The summed E-state index contributed by atoms with van der Waals surface area (Å²) in [6.45, 7) is 11.3. The molecule has 8 aromatic rings. The number of nitrogens with zero attached hydrogens (tertiary/aromatic N) is 3. The SMILES string of the molecule is C=C(/N=N\C(=C(/C)c1ccc2c(c1)-c1ccccc1C21c2ccccc2C(C)(C)c2ccccc21)c1ccccc1-c1ccccc1)c1ccc(-c2ccccn2)cc1. The number of rotatable bonds is 7. The van der Waals surface area contributed by atoms with Crippen molar-refractivity contribution in [2.75, 3.05) is 0 Å². The third kappa shape index (κ3) is 5.76. The smallest absolute Gasteiger partial charge is 0.0970 e. The van der Waals surface area contributed by atoms with E-state index in [4.69, 9.17) is 10.2 Å². The second-order valence-electron chi connectivity index (χ2n) is 16.1. The van der Waals surface area contributed by atoms with E-state index in [1.54, 1.807) is 0 Å². The first kappa shape index (κ1) is 36.1. The third-order valence-electron chi connectivity index (χ3n) is 12.6. The first-order valence-corrected chi connectivity index (χ1v) is 20.3. The Balaban J connectivity index is 1.15. The van der Waals surface area contributed by atoms with Gasteiger partial charge in [-0.1, -0.05) is 190 Å². The highest BCUT2D eigenvalue weighted by Gasteiger charge is 2.53. The molecule has 0 fully saturated rings. The molecule has 2 aliphatic rings. The topological polar surface area (TPSA) is 37.6 Å². The zero-order valence-electron chi connectivity index (χ0n) is 33.5. The summed E-state index contributed by atoms with van der Waals surface area (Å²) in [6, 6.07) is 67.4. The molecule has 1 spiro atoms. The van der Waals surface area contributed by atoms with E-state index in [-0.39, 0.29) is 5.41 Å². The van der Waals surface area contributed by atoms with Gasteiger partial charge in [0, 0.05) is 28.3 Å². The molecule has 2 aliphatic carbocycles. The van der Waals surface area contributed by atoms with Crippen LogP contribution in [0.2, 0.25) is 0 Å². The monoisotopic (exact) mass is 757 g/mol. The summed E-state index contributed by atoms with van der Waals surface area (Å²) in [4.78, 5) is 4.51. The van der Waals surface area contributed by atoms with Crippen LogP contribution in [0.5, 0.6) is 0 Å². The van der Waals surface area contributed by atoms with Gasteiger partial charge in [-0.2, -0.15) is 5.11 Å². The van der Waals surface area contributed by atoms with Crippen LogP contribution in [0.1, 0.15) is 70.8 Å².